The van der Waals surface area contributed by atoms with Gasteiger partial charge in [0.05, 0.1) is 17.7 Å². The first-order valence-corrected chi connectivity index (χ1v) is 13.7. The Morgan fingerprint density at radius 2 is 1.86 bits per heavy atom. The lowest BCUT2D eigenvalue weighted by molar-refractivity contribution is -0.141. The van der Waals surface area contributed by atoms with E-state index in [2.05, 4.69) is 17.6 Å². The summed E-state index contributed by atoms with van der Waals surface area (Å²) in [4.78, 5) is 42.9. The predicted octanol–water partition coefficient (Wildman–Crippen LogP) is 4.13. The third kappa shape index (κ3) is 7.60. The molecule has 3 atom stereocenters. The van der Waals surface area contributed by atoms with Gasteiger partial charge < -0.3 is 29.9 Å². The Morgan fingerprint density at radius 3 is 2.54 bits per heavy atom. The Bertz CT molecular complexity index is 933. The number of rotatable bonds is 5. The van der Waals surface area contributed by atoms with Gasteiger partial charge in [0.15, 0.2) is 0 Å². The van der Waals surface area contributed by atoms with Crippen LogP contribution in [0.15, 0.2) is 18.2 Å². The molecule has 0 spiro atoms. The van der Waals surface area contributed by atoms with Crippen molar-refractivity contribution in [1.29, 1.82) is 0 Å². The lowest BCUT2D eigenvalue weighted by Gasteiger charge is -2.38. The maximum absolute atomic E-state index is 13.6. The summed E-state index contributed by atoms with van der Waals surface area (Å²) in [7, 11) is 3.38. The number of fused-ring (bicyclic) bond motifs is 1. The van der Waals surface area contributed by atoms with E-state index in [-0.39, 0.29) is 48.4 Å². The summed E-state index contributed by atoms with van der Waals surface area (Å²) in [5.74, 6) is 0.476. The van der Waals surface area contributed by atoms with Crippen LogP contribution in [0.5, 0.6) is 5.75 Å². The molecule has 37 heavy (non-hydrogen) atoms. The first kappa shape index (κ1) is 28.8. The average molecular weight is 517 g/mol. The predicted molar refractivity (Wildman–Crippen MR) is 144 cm³/mol. The van der Waals surface area contributed by atoms with Gasteiger partial charge in [0.2, 0.25) is 5.91 Å². The lowest BCUT2D eigenvalue weighted by atomic mass is 9.87. The second-order valence-corrected chi connectivity index (χ2v) is 10.5. The largest absolute Gasteiger partial charge is 0.491 e. The Hall–Kier alpha value is -2.81. The Kier molecular flexibility index (Phi) is 10.6. The highest BCUT2D eigenvalue weighted by atomic mass is 16.5. The van der Waals surface area contributed by atoms with Crippen LogP contribution in [-0.4, -0.2) is 80.2 Å². The Labute approximate surface area is 221 Å². The molecule has 1 aliphatic heterocycles. The van der Waals surface area contributed by atoms with Crippen LogP contribution in [0.4, 0.5) is 10.5 Å². The average Bonchev–Trinajstić information content (AvgIpc) is 2.91. The molecule has 1 aromatic carbocycles. The van der Waals surface area contributed by atoms with Crippen molar-refractivity contribution in [3.8, 4) is 5.75 Å². The second kappa shape index (κ2) is 13.7. The van der Waals surface area contributed by atoms with Crippen LogP contribution in [0.1, 0.15) is 69.7 Å². The number of likely N-dealkylation sites (N-methyl/N-ethyl adjacent to an activating group) is 1. The van der Waals surface area contributed by atoms with Crippen molar-refractivity contribution in [2.75, 3.05) is 45.7 Å². The van der Waals surface area contributed by atoms with E-state index in [1.165, 1.54) is 6.42 Å². The third-order valence-electron chi connectivity index (χ3n) is 7.48. The maximum Gasteiger partial charge on any atom is 0.319 e. The molecule has 1 fully saturated rings. The number of carbonyl (C=O) groups excluding carboxylic acids is 3. The van der Waals surface area contributed by atoms with Gasteiger partial charge in [-0.25, -0.2) is 4.79 Å². The Morgan fingerprint density at radius 1 is 1.14 bits per heavy atom. The zero-order chi connectivity index (χ0) is 26.9. The van der Waals surface area contributed by atoms with Gasteiger partial charge in [-0.05, 0) is 44.4 Å². The van der Waals surface area contributed by atoms with Crippen LogP contribution in [-0.2, 0) is 9.53 Å². The molecule has 0 unspecified atom stereocenters. The SMILES string of the molecule is CCCNC(=O)Nc1ccc2c(c1)C(=O)N(C)C[C@@H](OC)[C@H](C)CN(C(=O)C1CCCCC1)[C@H](C)CO2. The van der Waals surface area contributed by atoms with Gasteiger partial charge in [-0.2, -0.15) is 0 Å². The molecule has 3 rings (SSSR count). The first-order valence-electron chi connectivity index (χ1n) is 13.7. The summed E-state index contributed by atoms with van der Waals surface area (Å²) < 4.78 is 12.0. The van der Waals surface area contributed by atoms with Crippen molar-refractivity contribution in [2.45, 2.75) is 71.4 Å². The number of hydrogen-bond acceptors (Lipinski definition) is 5. The van der Waals surface area contributed by atoms with Crippen molar-refractivity contribution in [2.24, 2.45) is 11.8 Å². The van der Waals surface area contributed by atoms with Gasteiger partial charge in [-0.15, -0.1) is 0 Å². The van der Waals surface area contributed by atoms with Crippen molar-refractivity contribution < 1.29 is 23.9 Å². The minimum absolute atomic E-state index is 0.0180. The highest BCUT2D eigenvalue weighted by Gasteiger charge is 2.33. The lowest BCUT2D eigenvalue weighted by Crippen LogP contribution is -2.50. The molecule has 2 aliphatic rings. The van der Waals surface area contributed by atoms with Crippen LogP contribution in [0, 0.1) is 11.8 Å². The molecule has 0 aromatic heterocycles. The van der Waals surface area contributed by atoms with Crippen LogP contribution >= 0.6 is 0 Å². The molecule has 1 saturated carbocycles. The van der Waals surface area contributed by atoms with E-state index in [9.17, 15) is 14.4 Å². The van der Waals surface area contributed by atoms with E-state index in [4.69, 9.17) is 9.47 Å². The van der Waals surface area contributed by atoms with E-state index in [0.29, 0.717) is 36.6 Å². The molecular weight excluding hydrogens is 472 g/mol. The van der Waals surface area contributed by atoms with E-state index in [0.717, 1.165) is 32.1 Å². The topological polar surface area (TPSA) is 100 Å². The Balaban J connectivity index is 1.90. The maximum atomic E-state index is 13.6. The molecule has 0 radical (unpaired) electrons. The quantitative estimate of drug-likeness (QED) is 0.613. The summed E-state index contributed by atoms with van der Waals surface area (Å²) in [6, 6.07) is 4.58. The van der Waals surface area contributed by atoms with Crippen LogP contribution in [0.3, 0.4) is 0 Å². The summed E-state index contributed by atoms with van der Waals surface area (Å²) >= 11 is 0. The van der Waals surface area contributed by atoms with Gasteiger partial charge in [0, 0.05) is 51.3 Å². The highest BCUT2D eigenvalue weighted by Crippen LogP contribution is 2.29. The van der Waals surface area contributed by atoms with Gasteiger partial charge >= 0.3 is 6.03 Å². The number of hydrogen-bond donors (Lipinski definition) is 2. The monoisotopic (exact) mass is 516 g/mol. The van der Waals surface area contributed by atoms with Crippen molar-refractivity contribution in [3.63, 3.8) is 0 Å². The third-order valence-corrected chi connectivity index (χ3v) is 7.48. The van der Waals surface area contributed by atoms with E-state index in [1.807, 2.05) is 18.7 Å². The number of urea groups is 1. The summed E-state index contributed by atoms with van der Waals surface area (Å²) in [6.45, 7) is 7.78. The first-order chi connectivity index (χ1) is 17.7. The van der Waals surface area contributed by atoms with E-state index in [1.54, 1.807) is 37.3 Å². The molecule has 1 aliphatic carbocycles. The molecule has 2 N–H and O–H groups in total. The molecule has 4 amide bonds. The van der Waals surface area contributed by atoms with E-state index >= 15 is 0 Å². The fraction of sp³-hybridized carbons (Fsp3) is 0.679. The highest BCUT2D eigenvalue weighted by molar-refractivity contribution is 5.99. The minimum Gasteiger partial charge on any atom is -0.491 e. The molecule has 1 aromatic rings. The van der Waals surface area contributed by atoms with Crippen molar-refractivity contribution >= 4 is 23.5 Å². The minimum atomic E-state index is -0.324. The molecule has 9 nitrogen and oxygen atoms in total. The zero-order valence-electron chi connectivity index (χ0n) is 23.0. The standard InChI is InChI=1S/C28H44N4O5/c1-6-14-29-28(35)30-22-12-13-24-23(15-22)27(34)31(4)17-25(36-5)19(2)16-32(20(3)18-37-24)26(33)21-10-8-7-9-11-21/h12-13,15,19-21,25H,6-11,14,16-18H2,1-5H3,(H2,29,30,35)/t19-,20-,25-/m1/s1. The van der Waals surface area contributed by atoms with Crippen molar-refractivity contribution in [1.82, 2.24) is 15.1 Å². The van der Waals surface area contributed by atoms with Crippen LogP contribution < -0.4 is 15.4 Å². The van der Waals surface area contributed by atoms with Crippen LogP contribution in [0.25, 0.3) is 0 Å². The number of nitrogens with one attached hydrogen (secondary N) is 2. The molecule has 206 valence electrons. The van der Waals surface area contributed by atoms with E-state index < -0.39 is 0 Å². The fourth-order valence-corrected chi connectivity index (χ4v) is 5.16. The zero-order valence-corrected chi connectivity index (χ0v) is 23.0. The number of amides is 4. The summed E-state index contributed by atoms with van der Waals surface area (Å²) in [5, 5.41) is 5.56. The number of benzene rings is 1. The fourth-order valence-electron chi connectivity index (χ4n) is 5.16. The smallest absolute Gasteiger partial charge is 0.319 e. The molecule has 0 saturated heterocycles. The summed E-state index contributed by atoms with van der Waals surface area (Å²) in [5.41, 5.74) is 0.861. The van der Waals surface area contributed by atoms with Gasteiger partial charge in [0.25, 0.3) is 5.91 Å². The van der Waals surface area contributed by atoms with Gasteiger partial charge in [-0.3, -0.25) is 9.59 Å². The molecular formula is C28H44N4O5. The van der Waals surface area contributed by atoms with Crippen molar-refractivity contribution in [3.05, 3.63) is 23.8 Å². The number of nitrogens with zero attached hydrogens (tertiary/aromatic N) is 2. The van der Waals surface area contributed by atoms with Crippen LogP contribution in [0.2, 0.25) is 0 Å². The number of carbonyl (C=O) groups is 3. The number of anilines is 1. The van der Waals surface area contributed by atoms with Gasteiger partial charge in [0.1, 0.15) is 12.4 Å². The number of methoxy groups -OCH3 is 1. The number of ether oxygens (including phenoxy) is 2. The summed E-state index contributed by atoms with van der Waals surface area (Å²) in [6.07, 6.45) is 5.84. The van der Waals surface area contributed by atoms with Gasteiger partial charge in [-0.1, -0.05) is 33.1 Å². The molecule has 9 heteroatoms. The normalized spacial score (nSPS) is 23.8. The molecule has 1 heterocycles. The second-order valence-electron chi connectivity index (χ2n) is 10.5. The molecule has 0 bridgehead atoms.